The number of benzene rings is 7. The quantitative estimate of drug-likeness (QED) is 0.164. The molecule has 3 aromatic heterocycles. The molecule has 0 N–H and O–H groups in total. The van der Waals surface area contributed by atoms with Crippen LogP contribution in [0.4, 0.5) is 0 Å². The van der Waals surface area contributed by atoms with Crippen LogP contribution in [0, 0.1) is 0 Å². The van der Waals surface area contributed by atoms with Gasteiger partial charge in [0.25, 0.3) is 0 Å². The Kier molecular flexibility index (Phi) is 8.50. The van der Waals surface area contributed by atoms with Crippen molar-refractivity contribution in [2.24, 2.45) is 0 Å². The molecule has 0 spiro atoms. The summed E-state index contributed by atoms with van der Waals surface area (Å²) in [5.41, 5.74) is 12.7. The van der Waals surface area contributed by atoms with E-state index in [0.29, 0.717) is 5.82 Å². The molecule has 0 atom stereocenters. The number of nitrogens with zero attached hydrogens (tertiary/aromatic N) is 4. The van der Waals surface area contributed by atoms with E-state index in [1.165, 1.54) is 21.8 Å². The molecule has 270 valence electrons. The van der Waals surface area contributed by atoms with Crippen LogP contribution in [0.1, 0.15) is 6.92 Å². The van der Waals surface area contributed by atoms with Crippen LogP contribution in [0.2, 0.25) is 0 Å². The van der Waals surface area contributed by atoms with E-state index in [4.69, 9.17) is 9.97 Å². The van der Waals surface area contributed by atoms with Gasteiger partial charge in [-0.1, -0.05) is 146 Å². The highest BCUT2D eigenvalue weighted by Gasteiger charge is 2.16. The third kappa shape index (κ3) is 6.05. The van der Waals surface area contributed by atoms with Crippen molar-refractivity contribution < 1.29 is 0 Å². The second kappa shape index (κ2) is 14.3. The Labute approximate surface area is 331 Å². The number of allylic oxidation sites excluding steroid dienone is 2. The number of fused-ring (bicyclic) bond motifs is 4. The summed E-state index contributed by atoms with van der Waals surface area (Å²) >= 11 is 0. The minimum Gasteiger partial charge on any atom is -0.309 e. The molecule has 0 bridgehead atoms. The van der Waals surface area contributed by atoms with Crippen LogP contribution in [0.25, 0.3) is 102 Å². The first-order valence-corrected chi connectivity index (χ1v) is 19.3. The molecular weight excluding hydrogens is 693 g/mol. The molecule has 0 radical (unpaired) electrons. The molecule has 0 fully saturated rings. The summed E-state index contributed by atoms with van der Waals surface area (Å²) in [6.45, 7) is 6.72. The van der Waals surface area contributed by atoms with Crippen molar-refractivity contribution in [3.63, 3.8) is 0 Å². The van der Waals surface area contributed by atoms with Crippen LogP contribution in [-0.4, -0.2) is 19.1 Å². The van der Waals surface area contributed by atoms with Crippen LogP contribution in [0.15, 0.2) is 194 Å². The predicted octanol–water partition coefficient (Wildman–Crippen LogP) is 12.0. The van der Waals surface area contributed by atoms with Crippen LogP contribution in [0.5, 0.6) is 0 Å². The van der Waals surface area contributed by atoms with Crippen molar-refractivity contribution in [2.45, 2.75) is 6.92 Å². The molecule has 10 aromatic rings. The molecule has 7 aromatic carbocycles. The van der Waals surface area contributed by atoms with Crippen molar-refractivity contribution in [3.8, 4) is 56.4 Å². The lowest BCUT2D eigenvalue weighted by atomic mass is 10.0. The van der Waals surface area contributed by atoms with E-state index in [1.807, 2.05) is 43.3 Å². The van der Waals surface area contributed by atoms with Gasteiger partial charge in [-0.05, 0) is 78.7 Å². The van der Waals surface area contributed by atoms with Crippen molar-refractivity contribution in [1.82, 2.24) is 19.1 Å². The Morgan fingerprint density at radius 1 is 0.439 bits per heavy atom. The molecule has 0 unspecified atom stereocenters. The standard InChI is InChI=1S/C53H38N4/c1-3-4-26-49-36(2)46-33-39(40-28-30-45-44-25-14-15-27-50(44)56(52(45)34-40)42-22-12-7-13-23-42)29-31-51(46)57(49)43-24-16-21-41(32-43)48-35-47(37-17-8-5-9-18-37)54-53(55-48)38-19-10-6-11-20-38/h3-35H,2H2,1H3/b4-3-,49-26+. The predicted molar refractivity (Wildman–Crippen MR) is 239 cm³/mol. The summed E-state index contributed by atoms with van der Waals surface area (Å²) in [6, 6.07) is 64.1. The van der Waals surface area contributed by atoms with E-state index < -0.39 is 0 Å². The first kappa shape index (κ1) is 34.0. The minimum absolute atomic E-state index is 0.695. The SMILES string of the molecule is C=c1/c(=C\C=C/C)n(-c2cccc(-c3cc(-c4ccccc4)nc(-c4ccccc4)n3)c2)c2ccc(-c3ccc4c5ccccc5n(-c5ccccc5)c4c3)cc12. The lowest BCUT2D eigenvalue weighted by molar-refractivity contribution is 1.07. The van der Waals surface area contributed by atoms with Crippen molar-refractivity contribution in [1.29, 1.82) is 0 Å². The zero-order chi connectivity index (χ0) is 38.3. The van der Waals surface area contributed by atoms with Gasteiger partial charge in [0, 0.05) is 49.4 Å². The highest BCUT2D eigenvalue weighted by atomic mass is 15.0. The highest BCUT2D eigenvalue weighted by molar-refractivity contribution is 6.10. The zero-order valence-electron chi connectivity index (χ0n) is 31.5. The Bertz CT molecular complexity index is 3190. The van der Waals surface area contributed by atoms with Crippen LogP contribution in [0.3, 0.4) is 0 Å². The maximum Gasteiger partial charge on any atom is 0.160 e. The van der Waals surface area contributed by atoms with Gasteiger partial charge in [-0.3, -0.25) is 0 Å². The summed E-state index contributed by atoms with van der Waals surface area (Å²) in [4.78, 5) is 10.1. The first-order valence-electron chi connectivity index (χ1n) is 19.3. The van der Waals surface area contributed by atoms with E-state index in [9.17, 15) is 0 Å². The average molecular weight is 731 g/mol. The normalized spacial score (nSPS) is 12.1. The number of aromatic nitrogens is 4. The van der Waals surface area contributed by atoms with E-state index in [1.54, 1.807) is 0 Å². The summed E-state index contributed by atoms with van der Waals surface area (Å²) in [5, 5.41) is 5.61. The fraction of sp³-hybridized carbons (Fsp3) is 0.0189. The lowest BCUT2D eigenvalue weighted by Gasteiger charge is -2.12. The highest BCUT2D eigenvalue weighted by Crippen LogP contribution is 2.36. The maximum absolute atomic E-state index is 5.13. The Hall–Kier alpha value is -7.56. The van der Waals surface area contributed by atoms with Gasteiger partial charge in [-0.25, -0.2) is 9.97 Å². The molecule has 0 saturated carbocycles. The van der Waals surface area contributed by atoms with Gasteiger partial charge >= 0.3 is 0 Å². The van der Waals surface area contributed by atoms with Gasteiger partial charge in [0.2, 0.25) is 0 Å². The van der Waals surface area contributed by atoms with Gasteiger partial charge < -0.3 is 9.13 Å². The number of hydrogen-bond donors (Lipinski definition) is 0. The third-order valence-electron chi connectivity index (χ3n) is 10.8. The van der Waals surface area contributed by atoms with Gasteiger partial charge in [-0.2, -0.15) is 0 Å². The summed E-state index contributed by atoms with van der Waals surface area (Å²) in [5.74, 6) is 0.695. The topological polar surface area (TPSA) is 35.6 Å². The number of rotatable bonds is 7. The maximum atomic E-state index is 5.13. The molecule has 0 aliphatic rings. The van der Waals surface area contributed by atoms with Gasteiger partial charge in [-0.15, -0.1) is 0 Å². The van der Waals surface area contributed by atoms with Crippen LogP contribution >= 0.6 is 0 Å². The summed E-state index contributed by atoms with van der Waals surface area (Å²) in [6.07, 6.45) is 6.30. The van der Waals surface area contributed by atoms with Crippen molar-refractivity contribution >= 4 is 45.4 Å². The smallest absolute Gasteiger partial charge is 0.160 e. The molecule has 0 aliphatic heterocycles. The Morgan fingerprint density at radius 3 is 1.81 bits per heavy atom. The van der Waals surface area contributed by atoms with Crippen LogP contribution in [-0.2, 0) is 0 Å². The summed E-state index contributed by atoms with van der Waals surface area (Å²) in [7, 11) is 0. The van der Waals surface area contributed by atoms with E-state index in [0.717, 1.165) is 72.1 Å². The second-order valence-corrected chi connectivity index (χ2v) is 14.3. The first-order chi connectivity index (χ1) is 28.1. The number of para-hydroxylation sites is 2. The fourth-order valence-electron chi connectivity index (χ4n) is 8.07. The van der Waals surface area contributed by atoms with E-state index in [2.05, 4.69) is 180 Å². The molecular formula is C53H38N4. The summed E-state index contributed by atoms with van der Waals surface area (Å²) < 4.78 is 4.69. The van der Waals surface area contributed by atoms with E-state index >= 15 is 0 Å². The van der Waals surface area contributed by atoms with Gasteiger partial charge in [0.15, 0.2) is 5.82 Å². The molecule has 0 saturated heterocycles. The van der Waals surface area contributed by atoms with Gasteiger partial charge in [0.1, 0.15) is 0 Å². The Morgan fingerprint density at radius 2 is 1.04 bits per heavy atom. The van der Waals surface area contributed by atoms with Crippen molar-refractivity contribution in [3.05, 3.63) is 205 Å². The molecule has 0 aliphatic carbocycles. The second-order valence-electron chi connectivity index (χ2n) is 14.3. The molecule has 4 heteroatoms. The Balaban J connectivity index is 1.12. The fourth-order valence-corrected chi connectivity index (χ4v) is 8.07. The zero-order valence-corrected chi connectivity index (χ0v) is 31.5. The molecule has 10 rings (SSSR count). The van der Waals surface area contributed by atoms with Crippen molar-refractivity contribution in [2.75, 3.05) is 0 Å². The molecule has 57 heavy (non-hydrogen) atoms. The third-order valence-corrected chi connectivity index (χ3v) is 10.8. The average Bonchev–Trinajstić information content (AvgIpc) is 3.76. The van der Waals surface area contributed by atoms with Crippen LogP contribution < -0.4 is 10.6 Å². The molecule has 0 amide bonds. The molecule has 3 heterocycles. The largest absolute Gasteiger partial charge is 0.309 e. The molecule has 4 nitrogen and oxygen atoms in total. The monoisotopic (exact) mass is 730 g/mol. The number of hydrogen-bond acceptors (Lipinski definition) is 2. The lowest BCUT2D eigenvalue weighted by Crippen LogP contribution is -2.27. The van der Waals surface area contributed by atoms with Gasteiger partial charge in [0.05, 0.1) is 33.3 Å². The van der Waals surface area contributed by atoms with E-state index in [-0.39, 0.29) is 0 Å². The minimum atomic E-state index is 0.695.